The van der Waals surface area contributed by atoms with Gasteiger partial charge < -0.3 is 5.73 Å². The van der Waals surface area contributed by atoms with Gasteiger partial charge in [0.25, 0.3) is 0 Å². The van der Waals surface area contributed by atoms with E-state index in [1.165, 1.54) is 5.56 Å². The van der Waals surface area contributed by atoms with Crippen LogP contribution in [0, 0.1) is 0 Å². The van der Waals surface area contributed by atoms with E-state index in [0.717, 1.165) is 30.0 Å². The number of hydrogen-bond donors (Lipinski definition) is 2. The number of nitrogens with two attached hydrogens (primary N) is 1. The summed E-state index contributed by atoms with van der Waals surface area (Å²) in [4.78, 5) is 4.31. The van der Waals surface area contributed by atoms with Gasteiger partial charge in [0.05, 0.1) is 4.90 Å². The molecule has 1 heterocycles. The minimum atomic E-state index is -3.59. The molecule has 1 unspecified atom stereocenters. The van der Waals surface area contributed by atoms with Crippen LogP contribution in [-0.4, -0.2) is 25.5 Å². The second-order valence-corrected chi connectivity index (χ2v) is 8.99. The number of sulfonamides is 1. The average Bonchev–Trinajstić information content (AvgIpc) is 2.68. The third-order valence-electron chi connectivity index (χ3n) is 4.82. The molecule has 1 aromatic heterocycles. The van der Waals surface area contributed by atoms with Crippen molar-refractivity contribution >= 4 is 33.2 Å². The predicted octanol–water partition coefficient (Wildman–Crippen LogP) is 4.06. The summed E-state index contributed by atoms with van der Waals surface area (Å²) in [6.07, 6.45) is 6.82. The van der Waals surface area contributed by atoms with Gasteiger partial charge in [0, 0.05) is 29.9 Å². The zero-order valence-electron chi connectivity index (χ0n) is 16.5. The number of fused-ring (bicyclic) bond motifs is 1. The lowest BCUT2D eigenvalue weighted by atomic mass is 10.0. The molecule has 3 rings (SSSR count). The molecule has 5 nitrogen and oxygen atoms in total. The Morgan fingerprint density at radius 2 is 1.83 bits per heavy atom. The molecular formula is C22H28ClN3O2S. The van der Waals surface area contributed by atoms with Crippen molar-refractivity contribution in [3.05, 3.63) is 72.6 Å². The topological polar surface area (TPSA) is 85.1 Å². The maximum absolute atomic E-state index is 12.7. The Balaban J connectivity index is 0.00000300. The third kappa shape index (κ3) is 6.78. The van der Waals surface area contributed by atoms with E-state index in [1.54, 1.807) is 36.7 Å². The molecule has 3 N–H and O–H groups in total. The number of benzene rings is 2. The van der Waals surface area contributed by atoms with E-state index in [0.29, 0.717) is 6.42 Å². The monoisotopic (exact) mass is 433 g/mol. The Labute approximate surface area is 179 Å². The van der Waals surface area contributed by atoms with Gasteiger partial charge in [-0.1, -0.05) is 36.4 Å². The molecule has 29 heavy (non-hydrogen) atoms. The maximum Gasteiger partial charge on any atom is 0.240 e. The molecule has 3 aromatic rings. The maximum atomic E-state index is 12.7. The fraction of sp³-hybridized carbons (Fsp3) is 0.318. The summed E-state index contributed by atoms with van der Waals surface area (Å²) in [5, 5.41) is 1.76. The van der Waals surface area contributed by atoms with Crippen LogP contribution >= 0.6 is 12.4 Å². The summed E-state index contributed by atoms with van der Waals surface area (Å²) in [5.41, 5.74) is 7.53. The standard InChI is InChI=1S/C22H27N3O2S.ClH/c1-17(14-21(23)9-5-8-18-6-3-2-4-7-18)25-28(26,27)22-11-10-20-16-24-13-12-19(20)15-22;/h2-4,6-7,10-13,15-17,21,25H,5,8-9,14,23H2,1H3;1H/t17-,21?;/m1./s1. The summed E-state index contributed by atoms with van der Waals surface area (Å²) in [6, 6.07) is 16.9. The zero-order chi connectivity index (χ0) is 20.0. The molecule has 2 atom stereocenters. The number of aryl methyl sites for hydroxylation is 1. The fourth-order valence-corrected chi connectivity index (χ4v) is 4.69. The highest BCUT2D eigenvalue weighted by Crippen LogP contribution is 2.19. The second-order valence-electron chi connectivity index (χ2n) is 7.28. The molecular weight excluding hydrogens is 406 g/mol. The second kappa shape index (κ2) is 10.7. The molecule has 0 amide bonds. The Kier molecular flexibility index (Phi) is 8.59. The van der Waals surface area contributed by atoms with Crippen LogP contribution < -0.4 is 10.5 Å². The van der Waals surface area contributed by atoms with Crippen LogP contribution in [0.1, 0.15) is 31.7 Å². The van der Waals surface area contributed by atoms with Crippen molar-refractivity contribution in [1.29, 1.82) is 0 Å². The van der Waals surface area contributed by atoms with Gasteiger partial charge in [0.2, 0.25) is 10.0 Å². The molecule has 0 spiro atoms. The highest BCUT2D eigenvalue weighted by Gasteiger charge is 2.19. The van der Waals surface area contributed by atoms with E-state index >= 15 is 0 Å². The van der Waals surface area contributed by atoms with Crippen LogP contribution in [0.3, 0.4) is 0 Å². The fourth-order valence-electron chi connectivity index (χ4n) is 3.39. The Morgan fingerprint density at radius 1 is 1.07 bits per heavy atom. The van der Waals surface area contributed by atoms with Gasteiger partial charge in [-0.3, -0.25) is 4.98 Å². The van der Waals surface area contributed by atoms with Crippen LogP contribution in [0.15, 0.2) is 71.9 Å². The molecule has 0 aliphatic carbocycles. The number of aromatic nitrogens is 1. The van der Waals surface area contributed by atoms with Gasteiger partial charge in [-0.15, -0.1) is 12.4 Å². The quantitative estimate of drug-likeness (QED) is 0.532. The highest BCUT2D eigenvalue weighted by atomic mass is 35.5. The van der Waals surface area contributed by atoms with Gasteiger partial charge in [0.15, 0.2) is 0 Å². The smallest absolute Gasteiger partial charge is 0.240 e. The number of halogens is 1. The summed E-state index contributed by atoms with van der Waals surface area (Å²) in [6.45, 7) is 1.86. The number of rotatable bonds is 9. The summed E-state index contributed by atoms with van der Waals surface area (Å²) in [7, 11) is -3.59. The van der Waals surface area contributed by atoms with Crippen LogP contribution in [0.4, 0.5) is 0 Å². The minimum Gasteiger partial charge on any atom is -0.328 e. The van der Waals surface area contributed by atoms with E-state index in [2.05, 4.69) is 21.8 Å². The average molecular weight is 434 g/mol. The largest absolute Gasteiger partial charge is 0.328 e. The predicted molar refractivity (Wildman–Crippen MR) is 121 cm³/mol. The van der Waals surface area contributed by atoms with Crippen LogP contribution in [0.2, 0.25) is 0 Å². The number of hydrogen-bond acceptors (Lipinski definition) is 4. The Bertz CT molecular complexity index is 1010. The molecule has 156 valence electrons. The summed E-state index contributed by atoms with van der Waals surface area (Å²) in [5.74, 6) is 0. The van der Waals surface area contributed by atoms with Gasteiger partial charge in [-0.05, 0) is 61.8 Å². The van der Waals surface area contributed by atoms with Crippen molar-refractivity contribution in [3.8, 4) is 0 Å². The van der Waals surface area contributed by atoms with Gasteiger partial charge in [-0.25, -0.2) is 13.1 Å². The van der Waals surface area contributed by atoms with Crippen molar-refractivity contribution in [1.82, 2.24) is 9.71 Å². The molecule has 0 bridgehead atoms. The molecule has 0 saturated carbocycles. The molecule has 2 aromatic carbocycles. The normalized spacial score (nSPS) is 13.6. The van der Waals surface area contributed by atoms with E-state index in [1.807, 2.05) is 25.1 Å². The first-order valence-corrected chi connectivity index (χ1v) is 11.1. The molecule has 0 saturated heterocycles. The SMILES string of the molecule is C[C@H](CC(N)CCCc1ccccc1)NS(=O)(=O)c1ccc2cnccc2c1.Cl. The van der Waals surface area contributed by atoms with E-state index in [4.69, 9.17) is 5.73 Å². The molecule has 0 radical (unpaired) electrons. The van der Waals surface area contributed by atoms with Crippen molar-refractivity contribution in [2.75, 3.05) is 0 Å². The van der Waals surface area contributed by atoms with E-state index in [-0.39, 0.29) is 29.4 Å². The molecule has 0 fully saturated rings. The van der Waals surface area contributed by atoms with E-state index in [9.17, 15) is 8.42 Å². The summed E-state index contributed by atoms with van der Waals surface area (Å²) < 4.78 is 28.2. The first-order valence-electron chi connectivity index (χ1n) is 9.60. The minimum absolute atomic E-state index is 0. The highest BCUT2D eigenvalue weighted by molar-refractivity contribution is 7.89. The van der Waals surface area contributed by atoms with Gasteiger partial charge in [-0.2, -0.15) is 0 Å². The Morgan fingerprint density at radius 3 is 2.59 bits per heavy atom. The lowest BCUT2D eigenvalue weighted by Crippen LogP contribution is -2.37. The number of nitrogens with one attached hydrogen (secondary N) is 1. The molecule has 0 aliphatic heterocycles. The zero-order valence-corrected chi connectivity index (χ0v) is 18.1. The Hall–Kier alpha value is -1.99. The molecule has 0 aliphatic rings. The van der Waals surface area contributed by atoms with Gasteiger partial charge in [0.1, 0.15) is 0 Å². The van der Waals surface area contributed by atoms with E-state index < -0.39 is 10.0 Å². The molecule has 7 heteroatoms. The van der Waals surface area contributed by atoms with Gasteiger partial charge >= 0.3 is 0 Å². The van der Waals surface area contributed by atoms with Crippen LogP contribution in [-0.2, 0) is 16.4 Å². The first-order chi connectivity index (χ1) is 13.4. The third-order valence-corrected chi connectivity index (χ3v) is 6.41. The van der Waals surface area contributed by atoms with Crippen molar-refractivity contribution < 1.29 is 8.42 Å². The lowest BCUT2D eigenvalue weighted by molar-refractivity contribution is 0.475. The van der Waals surface area contributed by atoms with Crippen molar-refractivity contribution in [2.24, 2.45) is 5.73 Å². The number of pyridine rings is 1. The summed E-state index contributed by atoms with van der Waals surface area (Å²) >= 11 is 0. The number of nitrogens with zero attached hydrogens (tertiary/aromatic N) is 1. The van der Waals surface area contributed by atoms with Crippen LogP contribution in [0.5, 0.6) is 0 Å². The van der Waals surface area contributed by atoms with Crippen LogP contribution in [0.25, 0.3) is 10.8 Å². The van der Waals surface area contributed by atoms with Crippen molar-refractivity contribution in [2.45, 2.75) is 49.6 Å². The lowest BCUT2D eigenvalue weighted by Gasteiger charge is -2.19. The van der Waals surface area contributed by atoms with Crippen molar-refractivity contribution in [3.63, 3.8) is 0 Å². The first kappa shape index (κ1) is 23.3.